The van der Waals surface area contributed by atoms with E-state index in [1.165, 1.54) is 7.11 Å². The van der Waals surface area contributed by atoms with Crippen molar-refractivity contribution in [3.63, 3.8) is 0 Å². The minimum atomic E-state index is -0.600. The summed E-state index contributed by atoms with van der Waals surface area (Å²) in [5.74, 6) is -0.123. The Hall–Kier alpha value is -2.75. The van der Waals surface area contributed by atoms with E-state index in [0.29, 0.717) is 22.1 Å². The molecule has 3 aromatic rings. The number of carbonyl (C=O) groups excluding carboxylic acids is 1. The number of methoxy groups -OCH3 is 1. The van der Waals surface area contributed by atoms with Crippen LogP contribution in [0.15, 0.2) is 41.3 Å². The van der Waals surface area contributed by atoms with Crippen LogP contribution < -0.4 is 0 Å². The van der Waals surface area contributed by atoms with Gasteiger partial charge in [0.25, 0.3) is 0 Å². The van der Waals surface area contributed by atoms with E-state index in [-0.39, 0.29) is 11.3 Å². The average molecular weight is 282 g/mol. The van der Waals surface area contributed by atoms with Crippen LogP contribution in [0.2, 0.25) is 0 Å². The Kier molecular flexibility index (Phi) is 2.94. The molecule has 0 atom stereocenters. The van der Waals surface area contributed by atoms with Gasteiger partial charge in [-0.05, 0) is 18.6 Å². The Morgan fingerprint density at radius 3 is 2.52 bits per heavy atom. The van der Waals surface area contributed by atoms with E-state index in [9.17, 15) is 9.90 Å². The predicted octanol–water partition coefficient (Wildman–Crippen LogP) is 4.11. The van der Waals surface area contributed by atoms with E-state index >= 15 is 0 Å². The lowest BCUT2D eigenvalue weighted by atomic mass is 10.0. The van der Waals surface area contributed by atoms with Crippen LogP contribution in [0.5, 0.6) is 5.75 Å². The smallest absolute Gasteiger partial charge is 0.342 e. The standard InChI is InChI=1S/C17H14O4/c1-9(2)13-8-12-14(17(19)20-3)15(18)10-6-4-5-7-11(10)16(12)21-13/h4-8,18H,1H2,2-3H3. The molecule has 4 heteroatoms. The van der Waals surface area contributed by atoms with Crippen molar-refractivity contribution in [1.82, 2.24) is 0 Å². The number of aromatic hydroxyl groups is 1. The van der Waals surface area contributed by atoms with Gasteiger partial charge < -0.3 is 14.3 Å². The number of ether oxygens (including phenoxy) is 1. The summed E-state index contributed by atoms with van der Waals surface area (Å²) in [6, 6.07) is 8.92. The number of carbonyl (C=O) groups is 1. The van der Waals surface area contributed by atoms with E-state index in [4.69, 9.17) is 9.15 Å². The van der Waals surface area contributed by atoms with Crippen molar-refractivity contribution in [1.29, 1.82) is 0 Å². The van der Waals surface area contributed by atoms with Gasteiger partial charge in [0.15, 0.2) is 0 Å². The van der Waals surface area contributed by atoms with Crippen LogP contribution in [0.3, 0.4) is 0 Å². The Morgan fingerprint density at radius 1 is 1.24 bits per heavy atom. The number of benzene rings is 2. The van der Waals surface area contributed by atoms with Crippen molar-refractivity contribution >= 4 is 33.3 Å². The van der Waals surface area contributed by atoms with Gasteiger partial charge in [0.2, 0.25) is 0 Å². The summed E-state index contributed by atoms with van der Waals surface area (Å²) in [6.45, 7) is 5.66. The number of fused-ring (bicyclic) bond motifs is 3. The van der Waals surface area contributed by atoms with Crippen molar-refractivity contribution in [2.75, 3.05) is 7.11 Å². The highest BCUT2D eigenvalue weighted by Crippen LogP contribution is 2.40. The topological polar surface area (TPSA) is 59.7 Å². The molecule has 21 heavy (non-hydrogen) atoms. The van der Waals surface area contributed by atoms with Crippen LogP contribution in [0, 0.1) is 0 Å². The summed E-state index contributed by atoms with van der Waals surface area (Å²) in [6.07, 6.45) is 0. The second-order valence-corrected chi connectivity index (χ2v) is 4.89. The SMILES string of the molecule is C=C(C)c1cc2c(C(=O)OC)c(O)c3ccccc3c2o1. The summed E-state index contributed by atoms with van der Waals surface area (Å²) >= 11 is 0. The Labute approximate surface area is 121 Å². The van der Waals surface area contributed by atoms with Gasteiger partial charge in [-0.3, -0.25) is 0 Å². The molecule has 3 rings (SSSR count). The number of phenolic OH excluding ortho intramolecular Hbond substituents is 1. The summed E-state index contributed by atoms with van der Waals surface area (Å²) in [7, 11) is 1.28. The lowest BCUT2D eigenvalue weighted by Crippen LogP contribution is -2.02. The molecule has 0 aliphatic heterocycles. The van der Waals surface area contributed by atoms with Crippen molar-refractivity contribution < 1.29 is 19.1 Å². The summed E-state index contributed by atoms with van der Waals surface area (Å²) in [5, 5.41) is 12.2. The van der Waals surface area contributed by atoms with Crippen LogP contribution in [0.1, 0.15) is 23.0 Å². The predicted molar refractivity (Wildman–Crippen MR) is 81.4 cm³/mol. The molecule has 1 N–H and O–H groups in total. The van der Waals surface area contributed by atoms with Gasteiger partial charge in [0.1, 0.15) is 22.7 Å². The third kappa shape index (κ3) is 1.88. The van der Waals surface area contributed by atoms with E-state index in [1.54, 1.807) is 18.2 Å². The van der Waals surface area contributed by atoms with Gasteiger partial charge >= 0.3 is 5.97 Å². The summed E-state index contributed by atoms with van der Waals surface area (Å²) in [5.41, 5.74) is 1.40. The first kappa shape index (κ1) is 13.2. The molecule has 0 bridgehead atoms. The molecule has 0 amide bonds. The fourth-order valence-electron chi connectivity index (χ4n) is 2.45. The molecule has 1 aromatic heterocycles. The fraction of sp³-hybridized carbons (Fsp3) is 0.118. The summed E-state index contributed by atoms with van der Waals surface area (Å²) < 4.78 is 10.6. The lowest BCUT2D eigenvalue weighted by Gasteiger charge is -2.08. The second kappa shape index (κ2) is 4.66. The number of furan rings is 1. The maximum Gasteiger partial charge on any atom is 0.342 e. The van der Waals surface area contributed by atoms with E-state index in [0.717, 1.165) is 11.0 Å². The number of esters is 1. The second-order valence-electron chi connectivity index (χ2n) is 4.89. The zero-order valence-corrected chi connectivity index (χ0v) is 11.8. The van der Waals surface area contributed by atoms with Crippen molar-refractivity contribution in [2.45, 2.75) is 6.92 Å². The van der Waals surface area contributed by atoms with Crippen molar-refractivity contribution in [3.8, 4) is 5.75 Å². The first-order chi connectivity index (χ1) is 10.0. The third-order valence-electron chi connectivity index (χ3n) is 3.48. The largest absolute Gasteiger partial charge is 0.506 e. The van der Waals surface area contributed by atoms with E-state index in [1.807, 2.05) is 19.1 Å². The maximum atomic E-state index is 12.0. The van der Waals surface area contributed by atoms with Gasteiger partial charge in [-0.15, -0.1) is 0 Å². The molecule has 0 aliphatic carbocycles. The highest BCUT2D eigenvalue weighted by atomic mass is 16.5. The molecule has 0 unspecified atom stereocenters. The molecule has 0 saturated carbocycles. The lowest BCUT2D eigenvalue weighted by molar-refractivity contribution is 0.0600. The number of hydrogen-bond donors (Lipinski definition) is 1. The molecule has 4 nitrogen and oxygen atoms in total. The first-order valence-electron chi connectivity index (χ1n) is 6.46. The van der Waals surface area contributed by atoms with Gasteiger partial charge in [0.05, 0.1) is 7.11 Å². The number of rotatable bonds is 2. The molecule has 0 aliphatic rings. The molecule has 1 heterocycles. The molecule has 0 spiro atoms. The van der Waals surface area contributed by atoms with Crippen LogP contribution in [-0.4, -0.2) is 18.2 Å². The molecular weight excluding hydrogens is 268 g/mol. The Morgan fingerprint density at radius 2 is 1.90 bits per heavy atom. The van der Waals surface area contributed by atoms with Crippen LogP contribution in [0.4, 0.5) is 0 Å². The van der Waals surface area contributed by atoms with Gasteiger partial charge in [0, 0.05) is 16.2 Å². The van der Waals surface area contributed by atoms with Crippen LogP contribution in [-0.2, 0) is 4.74 Å². The molecule has 2 aromatic carbocycles. The molecule has 0 saturated heterocycles. The minimum absolute atomic E-state index is 0.0981. The van der Waals surface area contributed by atoms with Crippen molar-refractivity contribution in [2.24, 2.45) is 0 Å². The van der Waals surface area contributed by atoms with Gasteiger partial charge in [-0.2, -0.15) is 0 Å². The fourth-order valence-corrected chi connectivity index (χ4v) is 2.45. The highest BCUT2D eigenvalue weighted by Gasteiger charge is 2.23. The number of phenols is 1. The van der Waals surface area contributed by atoms with Crippen LogP contribution >= 0.6 is 0 Å². The Balaban J connectivity index is 2.55. The minimum Gasteiger partial charge on any atom is -0.506 e. The third-order valence-corrected chi connectivity index (χ3v) is 3.48. The van der Waals surface area contributed by atoms with Crippen molar-refractivity contribution in [3.05, 3.63) is 48.2 Å². The number of hydrogen-bond acceptors (Lipinski definition) is 4. The monoisotopic (exact) mass is 282 g/mol. The zero-order valence-electron chi connectivity index (χ0n) is 11.8. The molecule has 0 radical (unpaired) electrons. The first-order valence-corrected chi connectivity index (χ1v) is 6.46. The van der Waals surface area contributed by atoms with E-state index in [2.05, 4.69) is 6.58 Å². The normalized spacial score (nSPS) is 11.0. The highest BCUT2D eigenvalue weighted by molar-refractivity contribution is 6.18. The average Bonchev–Trinajstić information content (AvgIpc) is 2.92. The van der Waals surface area contributed by atoms with Gasteiger partial charge in [-0.1, -0.05) is 30.8 Å². The zero-order chi connectivity index (χ0) is 15.1. The summed E-state index contributed by atoms with van der Waals surface area (Å²) in [4.78, 5) is 12.0. The Bertz CT molecular complexity index is 887. The quantitative estimate of drug-likeness (QED) is 0.718. The van der Waals surface area contributed by atoms with E-state index < -0.39 is 5.97 Å². The van der Waals surface area contributed by atoms with Crippen LogP contribution in [0.25, 0.3) is 27.3 Å². The molecular formula is C17H14O4. The molecule has 106 valence electrons. The maximum absolute atomic E-state index is 12.0. The van der Waals surface area contributed by atoms with Gasteiger partial charge in [-0.25, -0.2) is 4.79 Å². The molecule has 0 fully saturated rings. The number of allylic oxidation sites excluding steroid dienone is 1.